The average Bonchev–Trinajstić information content (AvgIpc) is 2.75. The topological polar surface area (TPSA) is 29.4 Å². The highest BCUT2D eigenvalue weighted by atomic mass is 35.5. The second-order valence-electron chi connectivity index (χ2n) is 4.20. The average molecular weight is 258 g/mol. The van der Waals surface area contributed by atoms with Crippen molar-refractivity contribution in [2.75, 3.05) is 0 Å². The Balaban J connectivity index is 2.54. The van der Waals surface area contributed by atoms with Crippen molar-refractivity contribution in [3.63, 3.8) is 0 Å². The third-order valence-electron chi connectivity index (χ3n) is 3.21. The van der Waals surface area contributed by atoms with Gasteiger partial charge in [-0.15, -0.1) is 0 Å². The number of nitrogens with zero attached hydrogens (tertiary/aromatic N) is 1. The lowest BCUT2D eigenvalue weighted by atomic mass is 9.89. The number of aliphatic imine (C=N–C) groups is 1. The molecule has 90 valence electrons. The summed E-state index contributed by atoms with van der Waals surface area (Å²) >= 11 is 5.42. The zero-order valence-corrected chi connectivity index (χ0v) is 9.73. The van der Waals surface area contributed by atoms with Crippen molar-refractivity contribution in [3.8, 4) is 0 Å². The van der Waals surface area contributed by atoms with Crippen LogP contribution in [-0.2, 0) is 10.3 Å². The number of hydrogen-bond acceptors (Lipinski definition) is 2. The molecular weight excluding hydrogens is 248 g/mol. The molecule has 1 aromatic rings. The predicted octanol–water partition coefficient (Wildman–Crippen LogP) is 3.72. The van der Waals surface area contributed by atoms with Gasteiger partial charge < -0.3 is 0 Å². The van der Waals surface area contributed by atoms with Crippen LogP contribution in [0.25, 0.3) is 0 Å². The van der Waals surface area contributed by atoms with Crippen molar-refractivity contribution < 1.29 is 13.6 Å². The second-order valence-corrected chi connectivity index (χ2v) is 4.57. The molecule has 1 saturated carbocycles. The maximum atomic E-state index is 13.4. The van der Waals surface area contributed by atoms with E-state index >= 15 is 0 Å². The fraction of sp³-hybridized carbons (Fsp3) is 0.417. The quantitative estimate of drug-likeness (QED) is 0.451. The first-order valence-electron chi connectivity index (χ1n) is 5.33. The summed E-state index contributed by atoms with van der Waals surface area (Å²) in [6, 6.07) is 2.30. The maximum Gasteiger partial charge on any atom is 0.235 e. The molecule has 0 amide bonds. The van der Waals surface area contributed by atoms with Gasteiger partial charge in [-0.05, 0) is 30.5 Å². The Morgan fingerprint density at radius 2 is 1.76 bits per heavy atom. The number of halogens is 3. The van der Waals surface area contributed by atoms with E-state index in [0.717, 1.165) is 25.0 Å². The van der Waals surface area contributed by atoms with Gasteiger partial charge in [0.25, 0.3) is 0 Å². The Morgan fingerprint density at radius 3 is 2.24 bits per heavy atom. The summed E-state index contributed by atoms with van der Waals surface area (Å²) in [7, 11) is 0. The van der Waals surface area contributed by atoms with Gasteiger partial charge in [0.15, 0.2) is 0 Å². The molecule has 1 aliphatic carbocycles. The van der Waals surface area contributed by atoms with E-state index in [2.05, 4.69) is 4.99 Å². The molecule has 0 bridgehead atoms. The molecule has 0 atom stereocenters. The highest BCUT2D eigenvalue weighted by Gasteiger charge is 2.36. The van der Waals surface area contributed by atoms with Gasteiger partial charge >= 0.3 is 0 Å². The van der Waals surface area contributed by atoms with E-state index in [4.69, 9.17) is 11.6 Å². The van der Waals surface area contributed by atoms with Crippen molar-refractivity contribution in [1.29, 1.82) is 0 Å². The number of benzene rings is 1. The third kappa shape index (κ3) is 2.11. The number of isocyanates is 1. The monoisotopic (exact) mass is 257 g/mol. The van der Waals surface area contributed by atoms with Crippen molar-refractivity contribution in [2.24, 2.45) is 4.99 Å². The van der Waals surface area contributed by atoms with E-state index in [1.54, 1.807) is 0 Å². The molecule has 2 nitrogen and oxygen atoms in total. The van der Waals surface area contributed by atoms with Crippen LogP contribution in [0.3, 0.4) is 0 Å². The first-order valence-corrected chi connectivity index (χ1v) is 5.71. The van der Waals surface area contributed by atoms with E-state index in [1.807, 2.05) is 0 Å². The van der Waals surface area contributed by atoms with Crippen LogP contribution in [0, 0.1) is 11.6 Å². The molecule has 1 aliphatic rings. The summed E-state index contributed by atoms with van der Waals surface area (Å²) in [5.41, 5.74) is -0.466. The van der Waals surface area contributed by atoms with Crippen LogP contribution in [0.1, 0.15) is 31.2 Å². The minimum atomic E-state index is -0.825. The maximum absolute atomic E-state index is 13.4. The van der Waals surface area contributed by atoms with Gasteiger partial charge in [-0.3, -0.25) is 0 Å². The van der Waals surface area contributed by atoms with Crippen LogP contribution < -0.4 is 0 Å². The molecule has 0 aromatic heterocycles. The molecule has 0 N–H and O–H groups in total. The summed E-state index contributed by atoms with van der Waals surface area (Å²) in [6.07, 6.45) is 4.44. The lowest BCUT2D eigenvalue weighted by Gasteiger charge is -2.23. The molecule has 5 heteroatoms. The Labute approximate surface area is 102 Å². The fourth-order valence-corrected chi connectivity index (χ4v) is 2.45. The largest absolute Gasteiger partial charge is 0.235 e. The molecule has 17 heavy (non-hydrogen) atoms. The smallest absolute Gasteiger partial charge is 0.211 e. The van der Waals surface area contributed by atoms with Crippen molar-refractivity contribution >= 4 is 17.7 Å². The number of rotatable bonds is 2. The van der Waals surface area contributed by atoms with Gasteiger partial charge in [0.05, 0.1) is 5.54 Å². The Bertz CT molecular complexity index is 468. The molecule has 0 spiro atoms. The standard InChI is InChI=1S/C12H10ClF2NO/c13-11-9(14)5-8(6-10(11)15)12(16-7-17)3-1-2-4-12/h5-6H,1-4H2. The minimum Gasteiger partial charge on any atom is -0.211 e. The Kier molecular flexibility index (Phi) is 3.27. The number of hydrogen-bond donors (Lipinski definition) is 0. The molecule has 1 fully saturated rings. The molecule has 2 rings (SSSR count). The highest BCUT2D eigenvalue weighted by molar-refractivity contribution is 6.30. The van der Waals surface area contributed by atoms with Crippen molar-refractivity contribution in [3.05, 3.63) is 34.4 Å². The molecular formula is C12H10ClF2NO. The first-order chi connectivity index (χ1) is 8.09. The first kappa shape index (κ1) is 12.2. The van der Waals surface area contributed by atoms with Gasteiger partial charge in [-0.1, -0.05) is 24.4 Å². The van der Waals surface area contributed by atoms with Gasteiger partial charge in [0.2, 0.25) is 6.08 Å². The third-order valence-corrected chi connectivity index (χ3v) is 3.57. The van der Waals surface area contributed by atoms with Crippen LogP contribution in [0.2, 0.25) is 5.02 Å². The highest BCUT2D eigenvalue weighted by Crippen LogP contribution is 2.43. The molecule has 1 aromatic carbocycles. The Morgan fingerprint density at radius 1 is 1.24 bits per heavy atom. The summed E-state index contributed by atoms with van der Waals surface area (Å²) in [5.74, 6) is -1.65. The van der Waals surface area contributed by atoms with E-state index < -0.39 is 22.2 Å². The van der Waals surface area contributed by atoms with Crippen LogP contribution in [0.4, 0.5) is 8.78 Å². The second kappa shape index (κ2) is 4.55. The fourth-order valence-electron chi connectivity index (χ4n) is 2.34. The van der Waals surface area contributed by atoms with Gasteiger partial charge in [-0.25, -0.2) is 13.6 Å². The summed E-state index contributed by atoms with van der Waals surface area (Å²) < 4.78 is 26.8. The van der Waals surface area contributed by atoms with Crippen LogP contribution >= 0.6 is 11.6 Å². The van der Waals surface area contributed by atoms with E-state index in [9.17, 15) is 13.6 Å². The SMILES string of the molecule is O=C=NC1(c2cc(F)c(Cl)c(F)c2)CCCC1. The van der Waals surface area contributed by atoms with E-state index in [0.29, 0.717) is 18.4 Å². The predicted molar refractivity (Wildman–Crippen MR) is 59.6 cm³/mol. The lowest BCUT2D eigenvalue weighted by molar-refractivity contribution is 0.448. The Hall–Kier alpha value is -1.25. The van der Waals surface area contributed by atoms with Gasteiger partial charge in [0.1, 0.15) is 16.7 Å². The molecule has 0 aliphatic heterocycles. The van der Waals surface area contributed by atoms with Gasteiger partial charge in [-0.2, -0.15) is 4.99 Å². The number of carbonyl (C=O) groups excluding carboxylic acids is 1. The lowest BCUT2D eigenvalue weighted by Crippen LogP contribution is -2.19. The van der Waals surface area contributed by atoms with E-state index in [1.165, 1.54) is 6.08 Å². The van der Waals surface area contributed by atoms with Crippen LogP contribution in [0.5, 0.6) is 0 Å². The van der Waals surface area contributed by atoms with Crippen molar-refractivity contribution in [2.45, 2.75) is 31.2 Å². The molecule has 0 unspecified atom stereocenters. The van der Waals surface area contributed by atoms with Gasteiger partial charge in [0, 0.05) is 0 Å². The molecule has 0 radical (unpaired) electrons. The summed E-state index contributed by atoms with van der Waals surface area (Å²) in [6.45, 7) is 0. The normalized spacial score (nSPS) is 17.8. The zero-order valence-electron chi connectivity index (χ0n) is 8.97. The summed E-state index contributed by atoms with van der Waals surface area (Å²) in [4.78, 5) is 14.2. The van der Waals surface area contributed by atoms with Crippen LogP contribution in [0.15, 0.2) is 17.1 Å². The van der Waals surface area contributed by atoms with Crippen LogP contribution in [-0.4, -0.2) is 6.08 Å². The van der Waals surface area contributed by atoms with E-state index in [-0.39, 0.29) is 0 Å². The summed E-state index contributed by atoms with van der Waals surface area (Å²) in [5, 5.41) is -0.531. The van der Waals surface area contributed by atoms with Crippen molar-refractivity contribution in [1.82, 2.24) is 0 Å². The molecule has 0 saturated heterocycles. The minimum absolute atomic E-state index is 0.359. The zero-order chi connectivity index (χ0) is 12.5. The molecule has 0 heterocycles.